The van der Waals surface area contributed by atoms with Crippen molar-refractivity contribution in [3.63, 3.8) is 0 Å². The Hall–Kier alpha value is -3.40. The lowest BCUT2D eigenvalue weighted by atomic mass is 10.1. The molecule has 5 rings (SSSR count). The number of fused-ring (bicyclic) bond motifs is 3. The van der Waals surface area contributed by atoms with Gasteiger partial charge in [-0.2, -0.15) is 0 Å². The molecule has 220 valence electrons. The van der Waals surface area contributed by atoms with E-state index in [0.717, 1.165) is 62.9 Å². The van der Waals surface area contributed by atoms with Gasteiger partial charge in [-0.05, 0) is 67.7 Å². The second kappa shape index (κ2) is 14.7. The number of hydrogen-bond donors (Lipinski definition) is 2. The van der Waals surface area contributed by atoms with Gasteiger partial charge < -0.3 is 29.7 Å². The molecule has 0 radical (unpaired) electrons. The number of ether oxygens (including phenoxy) is 3. The van der Waals surface area contributed by atoms with Gasteiger partial charge in [0.1, 0.15) is 5.75 Å². The Kier molecular flexibility index (Phi) is 10.5. The molecular formula is C32H35Cl2N5O3. The minimum absolute atomic E-state index is 0.578. The SMILES string of the molecule is COc1ccc2nc3cc(Cl)ccc3c(NCCOCCN(C)CCOCCNc3ccnc4cc(Cl)ccc34)c2c1. The monoisotopic (exact) mass is 607 g/mol. The van der Waals surface area contributed by atoms with Gasteiger partial charge in [-0.1, -0.05) is 23.2 Å². The normalized spacial score (nSPS) is 11.5. The van der Waals surface area contributed by atoms with Gasteiger partial charge in [0.05, 0.1) is 55.8 Å². The van der Waals surface area contributed by atoms with Crippen molar-refractivity contribution in [2.24, 2.45) is 0 Å². The predicted octanol–water partition coefficient (Wildman–Crippen LogP) is 6.74. The van der Waals surface area contributed by atoms with Crippen molar-refractivity contribution in [2.45, 2.75) is 0 Å². The number of methoxy groups -OCH3 is 1. The molecule has 0 aliphatic carbocycles. The molecular weight excluding hydrogens is 573 g/mol. The Labute approximate surface area is 255 Å². The van der Waals surface area contributed by atoms with Gasteiger partial charge in [-0.25, -0.2) is 4.98 Å². The largest absolute Gasteiger partial charge is 0.497 e. The van der Waals surface area contributed by atoms with Crippen molar-refractivity contribution in [2.75, 3.05) is 77.4 Å². The minimum atomic E-state index is 0.578. The fourth-order valence-electron chi connectivity index (χ4n) is 4.75. The van der Waals surface area contributed by atoms with Gasteiger partial charge in [0.15, 0.2) is 0 Å². The fraction of sp³-hybridized carbons (Fsp3) is 0.312. The van der Waals surface area contributed by atoms with Crippen molar-refractivity contribution in [3.05, 3.63) is 76.9 Å². The first-order valence-electron chi connectivity index (χ1n) is 13.9. The number of rotatable bonds is 15. The van der Waals surface area contributed by atoms with Crippen LogP contribution in [-0.4, -0.2) is 81.6 Å². The number of aromatic nitrogens is 2. The molecule has 0 unspecified atom stereocenters. The first-order valence-corrected chi connectivity index (χ1v) is 14.7. The maximum Gasteiger partial charge on any atom is 0.119 e. The highest BCUT2D eigenvalue weighted by Gasteiger charge is 2.11. The first-order chi connectivity index (χ1) is 20.5. The standard InChI is InChI=1S/C32H35Cl2N5O3/c1-39(13-17-41-15-11-36-28-9-10-35-30-19-22(33)3-6-25(28)30)14-18-42-16-12-37-32-26-7-4-23(34)20-31(26)38-29-8-5-24(40-2)21-27(29)32/h3-10,19-21H,11-18H2,1-2H3,(H,35,36)(H,37,38). The van der Waals surface area contributed by atoms with E-state index in [0.29, 0.717) is 49.6 Å². The summed E-state index contributed by atoms with van der Waals surface area (Å²) in [4.78, 5) is 11.4. The van der Waals surface area contributed by atoms with Gasteiger partial charge in [-0.15, -0.1) is 0 Å². The Bertz CT molecular complexity index is 1650. The van der Waals surface area contributed by atoms with E-state index in [9.17, 15) is 0 Å². The van der Waals surface area contributed by atoms with Crippen LogP contribution in [0.15, 0.2) is 66.9 Å². The number of nitrogens with one attached hydrogen (secondary N) is 2. The Morgan fingerprint density at radius 3 is 2.14 bits per heavy atom. The second-order valence-corrected chi connectivity index (χ2v) is 10.8. The molecule has 2 heterocycles. The number of anilines is 2. The lowest BCUT2D eigenvalue weighted by Gasteiger charge is -2.17. The molecule has 2 aromatic heterocycles. The van der Waals surface area contributed by atoms with Crippen LogP contribution in [0.2, 0.25) is 10.0 Å². The zero-order valence-corrected chi connectivity index (χ0v) is 25.3. The van der Waals surface area contributed by atoms with Crippen molar-refractivity contribution in [1.29, 1.82) is 0 Å². The number of hydrogen-bond acceptors (Lipinski definition) is 8. The van der Waals surface area contributed by atoms with Gasteiger partial charge in [0.2, 0.25) is 0 Å². The van der Waals surface area contributed by atoms with Crippen LogP contribution in [0, 0.1) is 0 Å². The number of likely N-dealkylation sites (N-methyl/N-ethyl adjacent to an activating group) is 1. The summed E-state index contributed by atoms with van der Waals surface area (Å²) in [5.74, 6) is 0.785. The van der Waals surface area contributed by atoms with Crippen molar-refractivity contribution >= 4 is 67.3 Å². The zero-order valence-electron chi connectivity index (χ0n) is 23.8. The maximum absolute atomic E-state index is 6.24. The van der Waals surface area contributed by atoms with Gasteiger partial charge in [0, 0.05) is 64.3 Å². The molecule has 0 spiro atoms. The van der Waals surface area contributed by atoms with Crippen LogP contribution >= 0.6 is 23.2 Å². The Morgan fingerprint density at radius 2 is 1.40 bits per heavy atom. The minimum Gasteiger partial charge on any atom is -0.497 e. The lowest BCUT2D eigenvalue weighted by molar-refractivity contribution is 0.0911. The lowest BCUT2D eigenvalue weighted by Crippen LogP contribution is -2.28. The average molecular weight is 609 g/mol. The molecule has 8 nitrogen and oxygen atoms in total. The molecule has 2 N–H and O–H groups in total. The van der Waals surface area contributed by atoms with E-state index in [4.69, 9.17) is 42.4 Å². The van der Waals surface area contributed by atoms with Crippen LogP contribution < -0.4 is 15.4 Å². The summed E-state index contributed by atoms with van der Waals surface area (Å²) in [7, 11) is 3.74. The summed E-state index contributed by atoms with van der Waals surface area (Å²) < 4.78 is 17.2. The predicted molar refractivity (Wildman–Crippen MR) is 174 cm³/mol. The molecule has 3 aromatic carbocycles. The number of benzene rings is 3. The highest BCUT2D eigenvalue weighted by Crippen LogP contribution is 2.34. The highest BCUT2D eigenvalue weighted by molar-refractivity contribution is 6.31. The summed E-state index contributed by atoms with van der Waals surface area (Å²) in [6, 6.07) is 19.3. The van der Waals surface area contributed by atoms with Gasteiger partial charge >= 0.3 is 0 Å². The second-order valence-electron chi connectivity index (χ2n) is 9.93. The molecule has 0 atom stereocenters. The molecule has 0 fully saturated rings. The highest BCUT2D eigenvalue weighted by atomic mass is 35.5. The van der Waals surface area contributed by atoms with Crippen molar-refractivity contribution in [3.8, 4) is 5.75 Å². The van der Waals surface area contributed by atoms with Crippen LogP contribution in [0.3, 0.4) is 0 Å². The summed E-state index contributed by atoms with van der Waals surface area (Å²) in [5, 5.41) is 11.4. The van der Waals surface area contributed by atoms with Crippen molar-refractivity contribution < 1.29 is 14.2 Å². The van der Waals surface area contributed by atoms with E-state index in [-0.39, 0.29) is 0 Å². The average Bonchev–Trinajstić information content (AvgIpc) is 2.99. The van der Waals surface area contributed by atoms with Crippen LogP contribution in [-0.2, 0) is 9.47 Å². The molecule has 0 saturated carbocycles. The van der Waals surface area contributed by atoms with Crippen LogP contribution in [0.4, 0.5) is 11.4 Å². The molecule has 0 aliphatic rings. The fourth-order valence-corrected chi connectivity index (χ4v) is 5.08. The molecule has 10 heteroatoms. The van der Waals surface area contributed by atoms with E-state index < -0.39 is 0 Å². The summed E-state index contributed by atoms with van der Waals surface area (Å²) in [5.41, 5.74) is 4.63. The number of nitrogens with zero attached hydrogens (tertiary/aromatic N) is 3. The number of halogens is 2. The molecule has 0 amide bonds. The topological polar surface area (TPSA) is 80.8 Å². The zero-order chi connectivity index (χ0) is 29.3. The third-order valence-electron chi connectivity index (χ3n) is 6.99. The molecule has 42 heavy (non-hydrogen) atoms. The molecule has 5 aromatic rings. The van der Waals surface area contributed by atoms with E-state index in [1.807, 2.05) is 60.7 Å². The van der Waals surface area contributed by atoms with Crippen LogP contribution in [0.1, 0.15) is 0 Å². The maximum atomic E-state index is 6.24. The van der Waals surface area contributed by atoms with E-state index in [2.05, 4.69) is 27.6 Å². The van der Waals surface area contributed by atoms with Gasteiger partial charge in [-0.3, -0.25) is 4.98 Å². The first kappa shape index (κ1) is 30.1. The summed E-state index contributed by atoms with van der Waals surface area (Å²) >= 11 is 12.3. The van der Waals surface area contributed by atoms with E-state index in [1.165, 1.54) is 0 Å². The quantitative estimate of drug-likeness (QED) is 0.1000. The Balaban J connectivity index is 1.00. The number of pyridine rings is 2. The third-order valence-corrected chi connectivity index (χ3v) is 7.46. The smallest absolute Gasteiger partial charge is 0.119 e. The van der Waals surface area contributed by atoms with Gasteiger partial charge in [0.25, 0.3) is 0 Å². The van der Waals surface area contributed by atoms with Crippen LogP contribution in [0.5, 0.6) is 5.75 Å². The molecule has 0 saturated heterocycles. The summed E-state index contributed by atoms with van der Waals surface area (Å²) in [6.45, 7) is 5.51. The summed E-state index contributed by atoms with van der Waals surface area (Å²) in [6.07, 6.45) is 1.78. The Morgan fingerprint density at radius 1 is 0.714 bits per heavy atom. The van der Waals surface area contributed by atoms with Crippen molar-refractivity contribution in [1.82, 2.24) is 14.9 Å². The van der Waals surface area contributed by atoms with Crippen LogP contribution in [0.25, 0.3) is 32.7 Å². The molecule has 0 aliphatic heterocycles. The van der Waals surface area contributed by atoms with E-state index >= 15 is 0 Å². The van der Waals surface area contributed by atoms with E-state index in [1.54, 1.807) is 13.3 Å². The molecule has 0 bridgehead atoms. The third kappa shape index (κ3) is 7.70.